The smallest absolute Gasteiger partial charge is 0.309 e. The molecular weight excluding hydrogens is 362 g/mol. The fourth-order valence-electron chi connectivity index (χ4n) is 2.54. The first-order valence-corrected chi connectivity index (χ1v) is 8.67. The number of carbonyl (C=O) groups is 3. The Balaban J connectivity index is 4.78. The van der Waals surface area contributed by atoms with Gasteiger partial charge in [-0.1, -0.05) is 12.2 Å². The van der Waals surface area contributed by atoms with E-state index < -0.39 is 42.5 Å². The third kappa shape index (κ3) is 9.88. The molecule has 0 fully saturated rings. The first kappa shape index (κ1) is 24.5. The molecule has 0 rings (SSSR count). The van der Waals surface area contributed by atoms with E-state index in [1.165, 1.54) is 6.92 Å². The molecule has 0 radical (unpaired) electrons. The van der Waals surface area contributed by atoms with Crippen molar-refractivity contribution >= 4 is 34.7 Å². The molecule has 0 aromatic carbocycles. The van der Waals surface area contributed by atoms with E-state index >= 15 is 0 Å². The summed E-state index contributed by atoms with van der Waals surface area (Å²) in [5.41, 5.74) is 11.0. The highest BCUT2D eigenvalue weighted by molar-refractivity contribution is 7.80. The number of aliphatic carboxylic acids is 1. The second-order valence-corrected chi connectivity index (χ2v) is 7.15. The average Bonchev–Trinajstić information content (AvgIpc) is 2.50. The maximum Gasteiger partial charge on any atom is 0.309 e. The zero-order chi connectivity index (χ0) is 20.4. The van der Waals surface area contributed by atoms with Crippen molar-refractivity contribution in [2.75, 3.05) is 26.7 Å². The Bertz CT molecular complexity index is 514. The van der Waals surface area contributed by atoms with Gasteiger partial charge in [0.25, 0.3) is 0 Å². The Hall–Kier alpha value is -1.46. The number of rotatable bonds is 14. The number of nitrogens with zero attached hydrogens (tertiary/aromatic N) is 1. The van der Waals surface area contributed by atoms with Crippen LogP contribution < -0.4 is 11.5 Å². The van der Waals surface area contributed by atoms with Crippen LogP contribution in [0.1, 0.15) is 26.2 Å². The molecule has 1 amide bonds. The number of Topliss-reactive ketones (excluding diaryl/α,β-unsaturated/α-hetero) is 1. The van der Waals surface area contributed by atoms with Crippen molar-refractivity contribution in [2.24, 2.45) is 23.3 Å². The number of thiocarbonyl (C=S) groups is 1. The molecule has 0 aliphatic heterocycles. The van der Waals surface area contributed by atoms with Crippen LogP contribution in [-0.4, -0.2) is 81.6 Å². The first-order chi connectivity index (χ1) is 12.0. The molecule has 0 aliphatic carbocycles. The van der Waals surface area contributed by atoms with Crippen LogP contribution in [0.3, 0.4) is 0 Å². The molecule has 150 valence electrons. The van der Waals surface area contributed by atoms with Crippen molar-refractivity contribution in [3.63, 3.8) is 0 Å². The number of aliphatic hydroxyl groups is 2. The number of amides is 1. The molecule has 0 aromatic heterocycles. The summed E-state index contributed by atoms with van der Waals surface area (Å²) in [4.78, 5) is 36.5. The Labute approximate surface area is 158 Å². The summed E-state index contributed by atoms with van der Waals surface area (Å²) in [7, 11) is 1.73. The minimum atomic E-state index is -1.25. The van der Waals surface area contributed by atoms with Crippen molar-refractivity contribution in [1.82, 2.24) is 4.90 Å². The van der Waals surface area contributed by atoms with E-state index in [0.717, 1.165) is 0 Å². The summed E-state index contributed by atoms with van der Waals surface area (Å²) < 4.78 is 0. The van der Waals surface area contributed by atoms with Gasteiger partial charge in [-0.05, 0) is 19.9 Å². The third-order valence-electron chi connectivity index (χ3n) is 3.94. The zero-order valence-electron chi connectivity index (χ0n) is 15.1. The summed E-state index contributed by atoms with van der Waals surface area (Å²) >= 11 is 5.18. The van der Waals surface area contributed by atoms with Gasteiger partial charge in [0.2, 0.25) is 5.91 Å². The van der Waals surface area contributed by atoms with Crippen LogP contribution in [-0.2, 0) is 14.4 Å². The number of ketones is 1. The van der Waals surface area contributed by atoms with Crippen LogP contribution in [0.15, 0.2) is 0 Å². The molecule has 0 aromatic rings. The number of aliphatic hydroxyl groups excluding tert-OH is 2. The number of nitrogens with two attached hydrogens (primary N) is 2. The van der Waals surface area contributed by atoms with E-state index in [4.69, 9.17) is 33.9 Å². The number of primary amides is 1. The predicted molar refractivity (Wildman–Crippen MR) is 99.5 cm³/mol. The van der Waals surface area contributed by atoms with Gasteiger partial charge in [-0.15, -0.1) is 0 Å². The van der Waals surface area contributed by atoms with Crippen molar-refractivity contribution in [3.05, 3.63) is 0 Å². The number of carbonyl (C=O) groups excluding carboxylic acids is 2. The molecule has 0 aliphatic rings. The standard InChI is InChI=1S/C16H29N3O6S/c1-9(21)15(18)13(26)7-19(2)6-10(4-14(17)23)3-12(22)5-11(8-20)16(24)25/h9-11,15,20-21H,3-8,18H2,1-2H3,(H2,17,23)(H,24,25)/t9?,10-,11-,15-/m1/s1. The molecule has 1 unspecified atom stereocenters. The van der Waals surface area contributed by atoms with Crippen molar-refractivity contribution in [1.29, 1.82) is 0 Å². The van der Waals surface area contributed by atoms with Gasteiger partial charge in [-0.25, -0.2) is 0 Å². The van der Waals surface area contributed by atoms with Crippen LogP contribution in [0, 0.1) is 11.8 Å². The molecule has 0 saturated heterocycles. The average molecular weight is 391 g/mol. The summed E-state index contributed by atoms with van der Waals surface area (Å²) in [6, 6.07) is -0.662. The number of hydrogen-bond acceptors (Lipinski definition) is 8. The fraction of sp³-hybridized carbons (Fsp3) is 0.750. The molecule has 0 spiro atoms. The highest BCUT2D eigenvalue weighted by Gasteiger charge is 2.25. The second kappa shape index (κ2) is 12.0. The monoisotopic (exact) mass is 391 g/mol. The molecule has 9 nitrogen and oxygen atoms in total. The van der Waals surface area contributed by atoms with Gasteiger partial charge in [0.05, 0.1) is 24.7 Å². The fourth-order valence-corrected chi connectivity index (χ4v) is 2.96. The lowest BCUT2D eigenvalue weighted by molar-refractivity contribution is -0.145. The Morgan fingerprint density at radius 2 is 1.77 bits per heavy atom. The van der Waals surface area contributed by atoms with E-state index in [1.807, 2.05) is 0 Å². The van der Waals surface area contributed by atoms with Gasteiger partial charge < -0.3 is 31.7 Å². The van der Waals surface area contributed by atoms with E-state index in [-0.39, 0.29) is 25.0 Å². The molecule has 0 bridgehead atoms. The van der Waals surface area contributed by atoms with Crippen molar-refractivity contribution in [3.8, 4) is 0 Å². The van der Waals surface area contributed by atoms with Crippen molar-refractivity contribution in [2.45, 2.75) is 38.3 Å². The lowest BCUT2D eigenvalue weighted by Crippen LogP contribution is -2.45. The summed E-state index contributed by atoms with van der Waals surface area (Å²) in [6.45, 7) is 1.51. The SMILES string of the molecule is CC(O)[C@@H](N)C(=S)CN(C)C[C@@H](CC(N)=O)CC(=O)C[C@H](CO)C(=O)O. The Morgan fingerprint density at radius 3 is 2.19 bits per heavy atom. The number of hydrogen-bond donors (Lipinski definition) is 5. The highest BCUT2D eigenvalue weighted by Crippen LogP contribution is 2.15. The molecular formula is C16H29N3O6S. The summed E-state index contributed by atoms with van der Waals surface area (Å²) in [6.07, 6.45) is -1.17. The minimum absolute atomic E-state index is 0.0354. The van der Waals surface area contributed by atoms with E-state index in [0.29, 0.717) is 18.0 Å². The summed E-state index contributed by atoms with van der Waals surface area (Å²) in [5, 5.41) is 27.4. The van der Waals surface area contributed by atoms with E-state index in [9.17, 15) is 19.5 Å². The number of carboxylic acids is 1. The topological polar surface area (TPSA) is 167 Å². The van der Waals surface area contributed by atoms with E-state index in [2.05, 4.69) is 0 Å². The summed E-state index contributed by atoms with van der Waals surface area (Å²) in [5.74, 6) is -3.76. The minimum Gasteiger partial charge on any atom is -0.481 e. The Morgan fingerprint density at radius 1 is 1.19 bits per heavy atom. The van der Waals surface area contributed by atoms with Crippen LogP contribution in [0.5, 0.6) is 0 Å². The first-order valence-electron chi connectivity index (χ1n) is 8.26. The normalized spacial score (nSPS) is 15.9. The molecule has 4 atom stereocenters. The maximum atomic E-state index is 12.1. The van der Waals surface area contributed by atoms with Crippen LogP contribution in [0.25, 0.3) is 0 Å². The zero-order valence-corrected chi connectivity index (χ0v) is 15.9. The van der Waals surface area contributed by atoms with Crippen LogP contribution in [0.2, 0.25) is 0 Å². The van der Waals surface area contributed by atoms with Crippen LogP contribution >= 0.6 is 12.2 Å². The number of carboxylic acid groups (broad SMARTS) is 1. The highest BCUT2D eigenvalue weighted by atomic mass is 32.1. The second-order valence-electron chi connectivity index (χ2n) is 6.63. The van der Waals surface area contributed by atoms with Gasteiger partial charge in [-0.3, -0.25) is 14.4 Å². The Kier molecular flexibility index (Phi) is 11.3. The lowest BCUT2D eigenvalue weighted by atomic mass is 9.93. The quantitative estimate of drug-likeness (QED) is 0.222. The van der Waals surface area contributed by atoms with Gasteiger partial charge in [0.1, 0.15) is 5.78 Å². The lowest BCUT2D eigenvalue weighted by Gasteiger charge is -2.25. The molecule has 10 heteroatoms. The maximum absolute atomic E-state index is 12.1. The molecule has 26 heavy (non-hydrogen) atoms. The molecule has 0 heterocycles. The van der Waals surface area contributed by atoms with Crippen LogP contribution in [0.4, 0.5) is 0 Å². The molecule has 7 N–H and O–H groups in total. The van der Waals surface area contributed by atoms with Crippen molar-refractivity contribution < 1.29 is 29.7 Å². The van der Waals surface area contributed by atoms with Gasteiger partial charge >= 0.3 is 5.97 Å². The largest absolute Gasteiger partial charge is 0.481 e. The third-order valence-corrected chi connectivity index (χ3v) is 4.34. The van der Waals surface area contributed by atoms with Gasteiger partial charge in [0, 0.05) is 37.2 Å². The van der Waals surface area contributed by atoms with Gasteiger partial charge in [-0.2, -0.15) is 0 Å². The van der Waals surface area contributed by atoms with E-state index in [1.54, 1.807) is 11.9 Å². The molecule has 0 saturated carbocycles. The van der Waals surface area contributed by atoms with Gasteiger partial charge in [0.15, 0.2) is 0 Å². The predicted octanol–water partition coefficient (Wildman–Crippen LogP) is -1.47.